The van der Waals surface area contributed by atoms with Gasteiger partial charge in [-0.25, -0.2) is 0 Å². The third-order valence-corrected chi connectivity index (χ3v) is 5.76. The van der Waals surface area contributed by atoms with Gasteiger partial charge in [0.1, 0.15) is 5.75 Å². The van der Waals surface area contributed by atoms with Crippen molar-refractivity contribution in [2.24, 2.45) is 11.8 Å². The van der Waals surface area contributed by atoms with Crippen molar-refractivity contribution in [2.75, 3.05) is 0 Å². The van der Waals surface area contributed by atoms with Crippen molar-refractivity contribution in [1.82, 2.24) is 0 Å². The molecule has 0 saturated carbocycles. The molecule has 0 aromatic heterocycles. The standard InChI is InChI=1S/C21H31NO/c1-14(2)20(5,6)17-12-16(10-9-11-22)13-18(19(17)23)21(7,8)15(3)4/h9-10,12-15,23H,1-8H3. The van der Waals surface area contributed by atoms with Crippen molar-refractivity contribution in [3.63, 3.8) is 0 Å². The van der Waals surface area contributed by atoms with Crippen LogP contribution in [0.5, 0.6) is 5.75 Å². The van der Waals surface area contributed by atoms with E-state index in [-0.39, 0.29) is 10.8 Å². The second-order valence-corrected chi connectivity index (χ2v) is 8.18. The van der Waals surface area contributed by atoms with Crippen LogP contribution in [0, 0.1) is 23.2 Å². The molecule has 0 heterocycles. The molecule has 0 atom stereocenters. The molecule has 2 nitrogen and oxygen atoms in total. The van der Waals surface area contributed by atoms with E-state index >= 15 is 0 Å². The third kappa shape index (κ3) is 3.78. The Morgan fingerprint density at radius 1 is 0.957 bits per heavy atom. The van der Waals surface area contributed by atoms with Gasteiger partial charge in [0.15, 0.2) is 0 Å². The first kappa shape index (κ1) is 19.3. The van der Waals surface area contributed by atoms with Crippen LogP contribution in [0.3, 0.4) is 0 Å². The van der Waals surface area contributed by atoms with Gasteiger partial charge in [-0.3, -0.25) is 0 Å². The summed E-state index contributed by atoms with van der Waals surface area (Å²) < 4.78 is 0. The lowest BCUT2D eigenvalue weighted by molar-refractivity contribution is 0.328. The van der Waals surface area contributed by atoms with Gasteiger partial charge in [-0.2, -0.15) is 5.26 Å². The first-order chi connectivity index (χ1) is 10.5. The van der Waals surface area contributed by atoms with E-state index < -0.39 is 0 Å². The zero-order chi connectivity index (χ0) is 18.0. The Balaban J connectivity index is 3.72. The highest BCUT2D eigenvalue weighted by Crippen LogP contribution is 2.45. The summed E-state index contributed by atoms with van der Waals surface area (Å²) in [4.78, 5) is 0. The molecule has 0 unspecified atom stereocenters. The molecule has 126 valence electrons. The van der Waals surface area contributed by atoms with E-state index in [0.29, 0.717) is 17.6 Å². The van der Waals surface area contributed by atoms with Crippen molar-refractivity contribution in [3.05, 3.63) is 34.9 Å². The number of nitriles is 1. The molecule has 1 rings (SSSR count). The number of phenols is 1. The first-order valence-corrected chi connectivity index (χ1v) is 8.40. The van der Waals surface area contributed by atoms with Crippen LogP contribution in [0.1, 0.15) is 72.1 Å². The molecule has 2 heteroatoms. The number of benzene rings is 1. The fraction of sp³-hybridized carbons (Fsp3) is 0.571. The normalized spacial score (nSPS) is 13.1. The van der Waals surface area contributed by atoms with Crippen LogP contribution in [0.15, 0.2) is 18.2 Å². The number of hydrogen-bond donors (Lipinski definition) is 1. The number of rotatable bonds is 5. The molecule has 1 aromatic carbocycles. The average molecular weight is 313 g/mol. The number of hydrogen-bond acceptors (Lipinski definition) is 2. The molecule has 0 radical (unpaired) electrons. The SMILES string of the molecule is CC(C)C(C)(C)c1cc(C=CC#N)cc(C(C)(C)C(C)C)c1O. The lowest BCUT2D eigenvalue weighted by atomic mass is 9.69. The molecule has 0 saturated heterocycles. The van der Waals surface area contributed by atoms with E-state index in [1.165, 1.54) is 6.08 Å². The zero-order valence-electron chi connectivity index (χ0n) is 15.9. The van der Waals surface area contributed by atoms with Crippen LogP contribution >= 0.6 is 0 Å². The van der Waals surface area contributed by atoms with Crippen LogP contribution in [0.25, 0.3) is 6.08 Å². The van der Waals surface area contributed by atoms with Crippen LogP contribution in [0.2, 0.25) is 0 Å². The van der Waals surface area contributed by atoms with E-state index in [1.54, 1.807) is 0 Å². The molecule has 1 aromatic rings. The molecule has 0 amide bonds. The summed E-state index contributed by atoms with van der Waals surface area (Å²) in [6, 6.07) is 6.08. The molecule has 0 bridgehead atoms. The van der Waals surface area contributed by atoms with Crippen LogP contribution < -0.4 is 0 Å². The number of nitrogens with zero attached hydrogens (tertiary/aromatic N) is 1. The lowest BCUT2D eigenvalue weighted by Gasteiger charge is -2.36. The molecule has 0 aliphatic heterocycles. The summed E-state index contributed by atoms with van der Waals surface area (Å²) in [5.74, 6) is 1.17. The van der Waals surface area contributed by atoms with Gasteiger partial charge in [-0.1, -0.05) is 55.4 Å². The predicted octanol–water partition coefficient (Wildman–Crippen LogP) is 5.80. The highest BCUT2D eigenvalue weighted by atomic mass is 16.3. The highest BCUT2D eigenvalue weighted by Gasteiger charge is 2.34. The van der Waals surface area contributed by atoms with Gasteiger partial charge in [-0.05, 0) is 46.4 Å². The van der Waals surface area contributed by atoms with Crippen LogP contribution in [-0.2, 0) is 10.8 Å². The minimum Gasteiger partial charge on any atom is -0.507 e. The summed E-state index contributed by atoms with van der Waals surface area (Å²) in [5.41, 5.74) is 2.58. The molecular formula is C21H31NO. The molecular weight excluding hydrogens is 282 g/mol. The highest BCUT2D eigenvalue weighted by molar-refractivity contribution is 5.60. The van der Waals surface area contributed by atoms with E-state index in [0.717, 1.165) is 16.7 Å². The first-order valence-electron chi connectivity index (χ1n) is 8.40. The summed E-state index contributed by atoms with van der Waals surface area (Å²) in [6.07, 6.45) is 3.31. The molecule has 0 spiro atoms. The zero-order valence-corrected chi connectivity index (χ0v) is 15.9. The van der Waals surface area contributed by atoms with Crippen molar-refractivity contribution < 1.29 is 5.11 Å². The van der Waals surface area contributed by atoms with Gasteiger partial charge in [0.05, 0.1) is 6.07 Å². The Bertz CT molecular complexity index is 587. The minimum absolute atomic E-state index is 0.150. The van der Waals surface area contributed by atoms with Gasteiger partial charge in [0.2, 0.25) is 0 Å². The van der Waals surface area contributed by atoms with E-state index in [4.69, 9.17) is 5.26 Å². The summed E-state index contributed by atoms with van der Waals surface area (Å²) in [5, 5.41) is 19.8. The van der Waals surface area contributed by atoms with E-state index in [9.17, 15) is 5.11 Å². The van der Waals surface area contributed by atoms with Gasteiger partial charge >= 0.3 is 0 Å². The Labute approximate surface area is 141 Å². The maximum absolute atomic E-state index is 11.0. The Morgan fingerprint density at radius 3 is 1.65 bits per heavy atom. The maximum atomic E-state index is 11.0. The molecule has 0 aliphatic rings. The van der Waals surface area contributed by atoms with Crippen molar-refractivity contribution in [3.8, 4) is 11.8 Å². The van der Waals surface area contributed by atoms with E-state index in [2.05, 4.69) is 55.4 Å². The van der Waals surface area contributed by atoms with Crippen LogP contribution in [0.4, 0.5) is 0 Å². The second-order valence-electron chi connectivity index (χ2n) is 8.18. The van der Waals surface area contributed by atoms with Crippen molar-refractivity contribution in [1.29, 1.82) is 5.26 Å². The second kappa shape index (κ2) is 6.79. The maximum Gasteiger partial charge on any atom is 0.123 e. The lowest BCUT2D eigenvalue weighted by Crippen LogP contribution is -2.28. The van der Waals surface area contributed by atoms with Gasteiger partial charge in [0, 0.05) is 17.2 Å². The van der Waals surface area contributed by atoms with Gasteiger partial charge in [0.25, 0.3) is 0 Å². The summed E-state index contributed by atoms with van der Waals surface area (Å²) >= 11 is 0. The fourth-order valence-electron chi connectivity index (χ4n) is 2.49. The quantitative estimate of drug-likeness (QED) is 0.698. The van der Waals surface area contributed by atoms with Gasteiger partial charge in [-0.15, -0.1) is 0 Å². The Morgan fingerprint density at radius 2 is 1.35 bits per heavy atom. The Hall–Kier alpha value is -1.75. The fourth-order valence-corrected chi connectivity index (χ4v) is 2.49. The number of allylic oxidation sites excluding steroid dienone is 1. The largest absolute Gasteiger partial charge is 0.507 e. The van der Waals surface area contributed by atoms with Crippen LogP contribution in [-0.4, -0.2) is 5.11 Å². The minimum atomic E-state index is -0.150. The predicted molar refractivity (Wildman–Crippen MR) is 98.5 cm³/mol. The summed E-state index contributed by atoms with van der Waals surface area (Å²) in [7, 11) is 0. The molecule has 1 N–H and O–H groups in total. The molecule has 23 heavy (non-hydrogen) atoms. The average Bonchev–Trinajstić information content (AvgIpc) is 2.45. The number of aromatic hydroxyl groups is 1. The molecule has 0 aliphatic carbocycles. The summed E-state index contributed by atoms with van der Waals surface area (Å²) in [6.45, 7) is 17.3. The van der Waals surface area contributed by atoms with E-state index in [1.807, 2.05) is 24.3 Å². The monoisotopic (exact) mass is 313 g/mol. The van der Waals surface area contributed by atoms with Crippen molar-refractivity contribution >= 4 is 6.08 Å². The van der Waals surface area contributed by atoms with Crippen molar-refractivity contribution in [2.45, 2.75) is 66.2 Å². The topological polar surface area (TPSA) is 44.0 Å². The third-order valence-electron chi connectivity index (χ3n) is 5.76. The number of phenolic OH excluding ortho intramolecular Hbond substituents is 1. The van der Waals surface area contributed by atoms with Gasteiger partial charge < -0.3 is 5.11 Å². The smallest absolute Gasteiger partial charge is 0.123 e. The Kier molecular flexibility index (Phi) is 5.69. The molecule has 0 fully saturated rings.